The highest BCUT2D eigenvalue weighted by Crippen LogP contribution is 2.39. The first kappa shape index (κ1) is 8.88. The monoisotopic (exact) mass is 222 g/mol. The van der Waals surface area contributed by atoms with Crippen LogP contribution in [0.2, 0.25) is 0 Å². The molecule has 1 aliphatic heterocycles. The zero-order chi connectivity index (χ0) is 11.2. The smallest absolute Gasteiger partial charge is 0.134 e. The summed E-state index contributed by atoms with van der Waals surface area (Å²) in [6.07, 6.45) is 2.63. The molecule has 1 aromatic heterocycles. The Hall–Kier alpha value is -2.22. The fourth-order valence-corrected chi connectivity index (χ4v) is 2.42. The van der Waals surface area contributed by atoms with Gasteiger partial charge in [0.15, 0.2) is 0 Å². The molecule has 0 spiro atoms. The molecule has 0 saturated carbocycles. The van der Waals surface area contributed by atoms with E-state index in [4.69, 9.17) is 9.15 Å². The molecule has 0 N–H and O–H groups in total. The number of ether oxygens (including phenoxy) is 1. The van der Waals surface area contributed by atoms with Gasteiger partial charge in [-0.25, -0.2) is 0 Å². The average Bonchev–Trinajstić information content (AvgIpc) is 2.85. The molecule has 0 amide bonds. The maximum absolute atomic E-state index is 5.91. The van der Waals surface area contributed by atoms with Gasteiger partial charge in [0.05, 0.1) is 6.26 Å². The minimum absolute atomic E-state index is 0.905. The summed E-state index contributed by atoms with van der Waals surface area (Å²) in [7, 11) is 0. The van der Waals surface area contributed by atoms with Crippen LogP contribution in [0.25, 0.3) is 11.0 Å². The van der Waals surface area contributed by atoms with Crippen LogP contribution in [0.1, 0.15) is 11.1 Å². The van der Waals surface area contributed by atoms with E-state index in [0.29, 0.717) is 0 Å². The first-order valence-corrected chi connectivity index (χ1v) is 5.67. The molecule has 2 heteroatoms. The molecule has 2 nitrogen and oxygen atoms in total. The maximum atomic E-state index is 5.91. The Morgan fingerprint density at radius 2 is 1.82 bits per heavy atom. The van der Waals surface area contributed by atoms with Gasteiger partial charge in [-0.15, -0.1) is 0 Å². The minimum atomic E-state index is 0.905. The fourth-order valence-electron chi connectivity index (χ4n) is 2.42. The molecule has 1 aliphatic rings. The van der Waals surface area contributed by atoms with Crippen molar-refractivity contribution in [2.75, 3.05) is 0 Å². The third kappa shape index (κ3) is 1.21. The zero-order valence-corrected chi connectivity index (χ0v) is 9.14. The molecular formula is C15H10O2. The van der Waals surface area contributed by atoms with Crippen LogP contribution >= 0.6 is 0 Å². The lowest BCUT2D eigenvalue weighted by atomic mass is 9.98. The fraction of sp³-hybridized carbons (Fsp3) is 0.0667. The average molecular weight is 222 g/mol. The molecule has 0 fully saturated rings. The summed E-state index contributed by atoms with van der Waals surface area (Å²) in [5, 5.41) is 1.15. The number of hydrogen-bond donors (Lipinski definition) is 0. The molecule has 3 aromatic rings. The van der Waals surface area contributed by atoms with Crippen molar-refractivity contribution in [1.29, 1.82) is 0 Å². The van der Waals surface area contributed by atoms with Gasteiger partial charge in [-0.3, -0.25) is 0 Å². The molecule has 4 rings (SSSR count). The van der Waals surface area contributed by atoms with Gasteiger partial charge in [-0.05, 0) is 29.8 Å². The molecule has 0 aliphatic carbocycles. The molecule has 17 heavy (non-hydrogen) atoms. The lowest BCUT2D eigenvalue weighted by molar-refractivity contribution is 0.461. The Balaban J connectivity index is 1.98. The van der Waals surface area contributed by atoms with Crippen molar-refractivity contribution in [1.82, 2.24) is 0 Å². The quantitative estimate of drug-likeness (QED) is 0.446. The number of hydrogen-bond acceptors (Lipinski definition) is 2. The number of para-hydroxylation sites is 1. The van der Waals surface area contributed by atoms with Crippen LogP contribution < -0.4 is 4.74 Å². The van der Waals surface area contributed by atoms with Crippen LogP contribution in [-0.4, -0.2) is 0 Å². The van der Waals surface area contributed by atoms with E-state index in [1.807, 2.05) is 36.4 Å². The maximum Gasteiger partial charge on any atom is 0.134 e. The van der Waals surface area contributed by atoms with Crippen molar-refractivity contribution in [2.45, 2.75) is 6.42 Å². The number of fused-ring (bicyclic) bond motifs is 4. The van der Waals surface area contributed by atoms with Gasteiger partial charge in [0.25, 0.3) is 0 Å². The van der Waals surface area contributed by atoms with Crippen molar-refractivity contribution in [3.05, 3.63) is 59.9 Å². The molecule has 0 saturated heterocycles. The SMILES string of the molecule is c1ccc2c(c1)Cc1c(ccc3occc13)O2. The number of benzene rings is 2. The largest absolute Gasteiger partial charge is 0.464 e. The van der Waals surface area contributed by atoms with Gasteiger partial charge < -0.3 is 9.15 Å². The predicted molar refractivity (Wildman–Crippen MR) is 65.5 cm³/mol. The Labute approximate surface area is 98.4 Å². The third-order valence-electron chi connectivity index (χ3n) is 3.26. The zero-order valence-electron chi connectivity index (χ0n) is 9.14. The van der Waals surface area contributed by atoms with Crippen molar-refractivity contribution in [3.63, 3.8) is 0 Å². The van der Waals surface area contributed by atoms with Crippen molar-refractivity contribution in [2.24, 2.45) is 0 Å². The summed E-state index contributed by atoms with van der Waals surface area (Å²) in [5.74, 6) is 1.90. The lowest BCUT2D eigenvalue weighted by Gasteiger charge is -2.20. The van der Waals surface area contributed by atoms with E-state index in [2.05, 4.69) is 6.07 Å². The summed E-state index contributed by atoms with van der Waals surface area (Å²) in [4.78, 5) is 0. The minimum Gasteiger partial charge on any atom is -0.464 e. The highest BCUT2D eigenvalue weighted by molar-refractivity contribution is 5.84. The van der Waals surface area contributed by atoms with Gasteiger partial charge in [0.2, 0.25) is 0 Å². The van der Waals surface area contributed by atoms with E-state index in [-0.39, 0.29) is 0 Å². The molecule has 0 unspecified atom stereocenters. The summed E-state index contributed by atoms with van der Waals surface area (Å²) < 4.78 is 11.3. The second-order valence-electron chi connectivity index (χ2n) is 4.26. The molecule has 0 radical (unpaired) electrons. The van der Waals surface area contributed by atoms with Gasteiger partial charge >= 0.3 is 0 Å². The first-order chi connectivity index (χ1) is 8.42. The van der Waals surface area contributed by atoms with Crippen molar-refractivity contribution < 1.29 is 9.15 Å². The van der Waals surface area contributed by atoms with Gasteiger partial charge in [0.1, 0.15) is 17.1 Å². The first-order valence-electron chi connectivity index (χ1n) is 5.67. The third-order valence-corrected chi connectivity index (χ3v) is 3.26. The highest BCUT2D eigenvalue weighted by Gasteiger charge is 2.19. The number of rotatable bonds is 0. The van der Waals surface area contributed by atoms with Crippen LogP contribution in [0.3, 0.4) is 0 Å². The van der Waals surface area contributed by atoms with Gasteiger partial charge in [-0.1, -0.05) is 18.2 Å². The van der Waals surface area contributed by atoms with E-state index < -0.39 is 0 Å². The Morgan fingerprint density at radius 3 is 2.82 bits per heavy atom. The van der Waals surface area contributed by atoms with Crippen LogP contribution in [0.4, 0.5) is 0 Å². The van der Waals surface area contributed by atoms with E-state index in [9.17, 15) is 0 Å². The Morgan fingerprint density at radius 1 is 0.882 bits per heavy atom. The van der Waals surface area contributed by atoms with E-state index in [1.54, 1.807) is 6.26 Å². The van der Waals surface area contributed by atoms with Crippen LogP contribution in [0, 0.1) is 0 Å². The molecule has 0 bridgehead atoms. The summed E-state index contributed by atoms with van der Waals surface area (Å²) in [5.41, 5.74) is 3.37. The Kier molecular flexibility index (Phi) is 1.64. The van der Waals surface area contributed by atoms with E-state index >= 15 is 0 Å². The molecular weight excluding hydrogens is 212 g/mol. The van der Waals surface area contributed by atoms with Crippen molar-refractivity contribution in [3.8, 4) is 11.5 Å². The standard InChI is InChI=1S/C15H10O2/c1-2-4-13-10(3-1)9-12-11-7-8-16-14(11)5-6-15(12)17-13/h1-8H,9H2. The van der Waals surface area contributed by atoms with Crippen LogP contribution in [0.15, 0.2) is 53.1 Å². The topological polar surface area (TPSA) is 22.4 Å². The molecule has 2 aromatic carbocycles. The van der Waals surface area contributed by atoms with E-state index in [1.165, 1.54) is 11.1 Å². The lowest BCUT2D eigenvalue weighted by Crippen LogP contribution is -2.02. The highest BCUT2D eigenvalue weighted by atomic mass is 16.5. The normalized spacial score (nSPS) is 12.9. The second-order valence-corrected chi connectivity index (χ2v) is 4.26. The van der Waals surface area contributed by atoms with Crippen LogP contribution in [0.5, 0.6) is 11.5 Å². The van der Waals surface area contributed by atoms with Gasteiger partial charge in [0, 0.05) is 17.4 Å². The van der Waals surface area contributed by atoms with E-state index in [0.717, 1.165) is 28.9 Å². The van der Waals surface area contributed by atoms with Crippen LogP contribution in [-0.2, 0) is 6.42 Å². The number of furan rings is 1. The summed E-state index contributed by atoms with van der Waals surface area (Å²) in [6, 6.07) is 14.1. The second kappa shape index (κ2) is 3.14. The van der Waals surface area contributed by atoms with Gasteiger partial charge in [-0.2, -0.15) is 0 Å². The molecule has 82 valence electrons. The summed E-state index contributed by atoms with van der Waals surface area (Å²) in [6.45, 7) is 0. The summed E-state index contributed by atoms with van der Waals surface area (Å²) >= 11 is 0. The predicted octanol–water partition coefficient (Wildman–Crippen LogP) is 4.13. The molecule has 2 heterocycles. The van der Waals surface area contributed by atoms with Crippen molar-refractivity contribution >= 4 is 11.0 Å². The Bertz CT molecular complexity index is 710. The molecule has 0 atom stereocenters.